The van der Waals surface area contributed by atoms with Gasteiger partial charge in [-0.25, -0.2) is 14.4 Å². The molecule has 36 heavy (non-hydrogen) atoms. The number of carboxylic acid groups (broad SMARTS) is 1. The zero-order chi connectivity index (χ0) is 25.8. The number of aliphatic carboxylic acids is 1. The average Bonchev–Trinajstić information content (AvgIpc) is 3.15. The molecule has 0 saturated carbocycles. The lowest BCUT2D eigenvalue weighted by Crippen LogP contribution is -2.38. The number of rotatable bonds is 9. The van der Waals surface area contributed by atoms with Crippen molar-refractivity contribution in [2.24, 2.45) is 0 Å². The summed E-state index contributed by atoms with van der Waals surface area (Å²) in [6.45, 7) is 2.78. The third-order valence-corrected chi connectivity index (χ3v) is 6.14. The summed E-state index contributed by atoms with van der Waals surface area (Å²) in [5, 5.41) is 15.8. The highest BCUT2D eigenvalue weighted by Crippen LogP contribution is 2.34. The van der Waals surface area contributed by atoms with Crippen LogP contribution in [0, 0.1) is 5.82 Å². The van der Waals surface area contributed by atoms with Crippen LogP contribution in [0.15, 0.2) is 36.7 Å². The van der Waals surface area contributed by atoms with Gasteiger partial charge in [-0.15, -0.1) is 0 Å². The molecule has 188 valence electrons. The molecule has 2 aromatic carbocycles. The number of amides is 1. The highest BCUT2D eigenvalue weighted by Gasteiger charge is 2.28. The Kier molecular flexibility index (Phi) is 7.65. The van der Waals surface area contributed by atoms with Crippen LogP contribution in [0.3, 0.4) is 0 Å². The maximum atomic E-state index is 13.5. The number of nitrogens with one attached hydrogen (secondary N) is 2. The SMILES string of the molecule is CCOc1cc2ncnc(Nc3ccc(F)c(Cl)c3)c2cc1NC(=O)CN1CCN(CC(=O)O)C1=S. The maximum Gasteiger partial charge on any atom is 0.323 e. The number of nitrogens with zero attached hydrogens (tertiary/aromatic N) is 4. The number of carbonyl (C=O) groups excluding carboxylic acids is 1. The number of ether oxygens (including phenoxy) is 1. The van der Waals surface area contributed by atoms with Gasteiger partial charge in [-0.05, 0) is 43.4 Å². The highest BCUT2D eigenvalue weighted by atomic mass is 35.5. The lowest BCUT2D eigenvalue weighted by atomic mass is 10.1. The molecule has 4 rings (SSSR count). The van der Waals surface area contributed by atoms with E-state index in [9.17, 15) is 14.0 Å². The molecule has 1 aromatic heterocycles. The van der Waals surface area contributed by atoms with Crippen molar-refractivity contribution >= 4 is 68.9 Å². The van der Waals surface area contributed by atoms with Gasteiger partial charge in [-0.3, -0.25) is 9.59 Å². The number of carbonyl (C=O) groups is 2. The molecule has 0 bridgehead atoms. The first kappa shape index (κ1) is 25.3. The number of fused-ring (bicyclic) bond motifs is 1. The van der Waals surface area contributed by atoms with Gasteiger partial charge in [0, 0.05) is 30.2 Å². The van der Waals surface area contributed by atoms with E-state index < -0.39 is 11.8 Å². The molecule has 0 atom stereocenters. The summed E-state index contributed by atoms with van der Waals surface area (Å²) in [6.07, 6.45) is 1.38. The molecule has 0 spiro atoms. The molecule has 3 N–H and O–H groups in total. The Morgan fingerprint density at radius 2 is 1.94 bits per heavy atom. The summed E-state index contributed by atoms with van der Waals surface area (Å²) in [7, 11) is 0. The average molecular weight is 533 g/mol. The van der Waals surface area contributed by atoms with Gasteiger partial charge in [-0.2, -0.15) is 0 Å². The van der Waals surface area contributed by atoms with E-state index in [2.05, 4.69) is 20.6 Å². The van der Waals surface area contributed by atoms with E-state index in [4.69, 9.17) is 33.7 Å². The molecule has 2 heterocycles. The van der Waals surface area contributed by atoms with Gasteiger partial charge < -0.3 is 30.3 Å². The van der Waals surface area contributed by atoms with Crippen LogP contribution < -0.4 is 15.4 Å². The Bertz CT molecular complexity index is 1340. The number of hydrogen-bond acceptors (Lipinski definition) is 7. The second kappa shape index (κ2) is 10.9. The summed E-state index contributed by atoms with van der Waals surface area (Å²) in [4.78, 5) is 35.6. The van der Waals surface area contributed by atoms with Gasteiger partial charge >= 0.3 is 5.97 Å². The molecular weight excluding hydrogens is 511 g/mol. The fourth-order valence-electron chi connectivity index (χ4n) is 3.72. The van der Waals surface area contributed by atoms with Crippen LogP contribution >= 0.6 is 23.8 Å². The van der Waals surface area contributed by atoms with E-state index in [0.717, 1.165) is 0 Å². The van der Waals surface area contributed by atoms with Crippen molar-refractivity contribution in [1.29, 1.82) is 0 Å². The van der Waals surface area contributed by atoms with E-state index in [1.165, 1.54) is 29.4 Å². The van der Waals surface area contributed by atoms with Gasteiger partial charge in [0.1, 0.15) is 30.3 Å². The van der Waals surface area contributed by atoms with Crippen LogP contribution in [0.2, 0.25) is 5.02 Å². The van der Waals surface area contributed by atoms with Crippen LogP contribution in [0.1, 0.15) is 6.92 Å². The van der Waals surface area contributed by atoms with E-state index in [-0.39, 0.29) is 24.0 Å². The summed E-state index contributed by atoms with van der Waals surface area (Å²) in [5.41, 5.74) is 1.48. The van der Waals surface area contributed by atoms with Crippen molar-refractivity contribution in [3.05, 3.63) is 47.5 Å². The standard InChI is InChI=1S/C23H22ClFN6O4S/c1-2-35-19-9-17-14(22(27-12-26-17)28-13-3-4-16(25)15(24)7-13)8-18(19)29-20(32)10-30-5-6-31(23(30)36)11-21(33)34/h3-4,7-9,12H,2,5-6,10-11H2,1H3,(H,29,32)(H,33,34)(H,26,27,28). The third kappa shape index (κ3) is 5.71. The third-order valence-electron chi connectivity index (χ3n) is 5.33. The summed E-state index contributed by atoms with van der Waals surface area (Å²) in [5.74, 6) is -1.04. The number of anilines is 3. The van der Waals surface area contributed by atoms with Crippen LogP contribution in [-0.2, 0) is 9.59 Å². The van der Waals surface area contributed by atoms with Crippen molar-refractivity contribution in [2.75, 3.05) is 43.4 Å². The number of halogens is 2. The quantitative estimate of drug-likeness (QED) is 0.353. The van der Waals surface area contributed by atoms with Crippen molar-refractivity contribution in [1.82, 2.24) is 19.8 Å². The summed E-state index contributed by atoms with van der Waals surface area (Å²) >= 11 is 11.2. The first-order valence-corrected chi connectivity index (χ1v) is 11.7. The Hall–Kier alpha value is -3.77. The zero-order valence-electron chi connectivity index (χ0n) is 19.1. The predicted octanol–water partition coefficient (Wildman–Crippen LogP) is 3.49. The van der Waals surface area contributed by atoms with Crippen molar-refractivity contribution < 1.29 is 23.8 Å². The fourth-order valence-corrected chi connectivity index (χ4v) is 4.21. The highest BCUT2D eigenvalue weighted by molar-refractivity contribution is 7.80. The van der Waals surface area contributed by atoms with Crippen LogP contribution in [0.25, 0.3) is 10.9 Å². The second-order valence-corrected chi connectivity index (χ2v) is 8.61. The lowest BCUT2D eigenvalue weighted by molar-refractivity contribution is -0.137. The van der Waals surface area contributed by atoms with E-state index in [0.29, 0.717) is 58.7 Å². The molecule has 0 radical (unpaired) electrons. The molecule has 10 nitrogen and oxygen atoms in total. The molecule has 13 heteroatoms. The van der Waals surface area contributed by atoms with Crippen molar-refractivity contribution in [2.45, 2.75) is 6.92 Å². The lowest BCUT2D eigenvalue weighted by Gasteiger charge is -2.20. The Balaban J connectivity index is 1.58. The van der Waals surface area contributed by atoms with Crippen LogP contribution in [0.5, 0.6) is 5.75 Å². The van der Waals surface area contributed by atoms with Gasteiger partial charge in [0.25, 0.3) is 0 Å². The largest absolute Gasteiger partial charge is 0.492 e. The Morgan fingerprint density at radius 3 is 2.64 bits per heavy atom. The number of hydrogen-bond donors (Lipinski definition) is 3. The molecule has 1 fully saturated rings. The summed E-state index contributed by atoms with van der Waals surface area (Å²) in [6, 6.07) is 7.58. The van der Waals surface area contributed by atoms with Crippen LogP contribution in [0.4, 0.5) is 21.6 Å². The zero-order valence-corrected chi connectivity index (χ0v) is 20.7. The number of aromatic nitrogens is 2. The molecular formula is C23H22ClFN6O4S. The maximum absolute atomic E-state index is 13.5. The van der Waals surface area contributed by atoms with Gasteiger partial charge in [0.05, 0.1) is 29.4 Å². The predicted molar refractivity (Wildman–Crippen MR) is 137 cm³/mol. The van der Waals surface area contributed by atoms with Crippen LogP contribution in [-0.4, -0.2) is 74.6 Å². The number of thiocarbonyl (C=S) groups is 1. The summed E-state index contributed by atoms with van der Waals surface area (Å²) < 4.78 is 19.3. The molecule has 3 aromatic rings. The topological polar surface area (TPSA) is 120 Å². The molecule has 0 aliphatic carbocycles. The number of benzene rings is 2. The smallest absolute Gasteiger partial charge is 0.323 e. The van der Waals surface area contributed by atoms with Gasteiger partial charge in [0.2, 0.25) is 5.91 Å². The van der Waals surface area contributed by atoms with Gasteiger partial charge in [0.15, 0.2) is 5.11 Å². The molecule has 1 saturated heterocycles. The van der Waals surface area contributed by atoms with E-state index >= 15 is 0 Å². The fraction of sp³-hybridized carbons (Fsp3) is 0.261. The monoisotopic (exact) mass is 532 g/mol. The first-order chi connectivity index (χ1) is 17.2. The molecule has 1 amide bonds. The van der Waals surface area contributed by atoms with Crippen molar-refractivity contribution in [3.63, 3.8) is 0 Å². The Morgan fingerprint density at radius 1 is 1.19 bits per heavy atom. The molecule has 1 aliphatic heterocycles. The second-order valence-electron chi connectivity index (χ2n) is 7.84. The first-order valence-electron chi connectivity index (χ1n) is 10.9. The van der Waals surface area contributed by atoms with E-state index in [1.54, 1.807) is 17.0 Å². The minimum absolute atomic E-state index is 0.0355. The van der Waals surface area contributed by atoms with Gasteiger partial charge in [-0.1, -0.05) is 11.6 Å². The Labute approximate surface area is 216 Å². The van der Waals surface area contributed by atoms with E-state index in [1.807, 2.05) is 6.92 Å². The molecule has 0 unspecified atom stereocenters. The normalized spacial score (nSPS) is 13.2. The molecule has 1 aliphatic rings. The number of carboxylic acids is 1. The van der Waals surface area contributed by atoms with Crippen molar-refractivity contribution in [3.8, 4) is 5.75 Å². The minimum Gasteiger partial charge on any atom is -0.492 e. The minimum atomic E-state index is -0.990.